The highest BCUT2D eigenvalue weighted by atomic mass is 16.5. The van der Waals surface area contributed by atoms with E-state index in [1.807, 2.05) is 86.6 Å². The number of ether oxygens (including phenoxy) is 1. The van der Waals surface area contributed by atoms with Gasteiger partial charge in [-0.15, -0.1) is 0 Å². The van der Waals surface area contributed by atoms with Crippen LogP contribution in [-0.4, -0.2) is 22.2 Å². The molecule has 0 aliphatic heterocycles. The number of hydrogen-bond acceptors (Lipinski definition) is 4. The number of carbonyl (C=O) groups is 2. The number of phenols is 1. The van der Waals surface area contributed by atoms with E-state index in [0.29, 0.717) is 39.1 Å². The number of carbonyl (C=O) groups excluding carboxylic acids is 1. The van der Waals surface area contributed by atoms with E-state index in [1.54, 1.807) is 18.2 Å². The predicted molar refractivity (Wildman–Crippen MR) is 153 cm³/mol. The number of aromatic hydroxyl groups is 1. The van der Waals surface area contributed by atoms with Crippen molar-refractivity contribution in [3.8, 4) is 22.6 Å². The van der Waals surface area contributed by atoms with Crippen LogP contribution < -0.4 is 4.74 Å². The summed E-state index contributed by atoms with van der Waals surface area (Å²) in [5.74, 6) is -1.11. The van der Waals surface area contributed by atoms with Gasteiger partial charge < -0.3 is 14.9 Å². The van der Waals surface area contributed by atoms with Crippen LogP contribution in [0.2, 0.25) is 0 Å². The van der Waals surface area contributed by atoms with E-state index < -0.39 is 11.9 Å². The van der Waals surface area contributed by atoms with Crippen molar-refractivity contribution in [3.05, 3.63) is 81.4 Å². The number of carboxylic acids is 1. The third kappa shape index (κ3) is 5.77. The molecule has 38 heavy (non-hydrogen) atoms. The van der Waals surface area contributed by atoms with Crippen LogP contribution in [-0.2, 0) is 0 Å². The summed E-state index contributed by atoms with van der Waals surface area (Å²) < 4.78 is 6.21. The summed E-state index contributed by atoms with van der Waals surface area (Å²) in [6.07, 6.45) is 0. The first kappa shape index (κ1) is 29.0. The monoisotopic (exact) mass is 516 g/mol. The molecule has 0 atom stereocenters. The van der Waals surface area contributed by atoms with Gasteiger partial charge in [0.05, 0.1) is 11.1 Å². The van der Waals surface area contributed by atoms with Gasteiger partial charge in [0.1, 0.15) is 11.5 Å². The predicted octanol–water partition coefficient (Wildman–Crippen LogP) is 8.78. The second-order valence-corrected chi connectivity index (χ2v) is 11.3. The maximum Gasteiger partial charge on any atom is 0.343 e. The fourth-order valence-electron chi connectivity index (χ4n) is 4.91. The standard InChI is InChI=1S/C33H40O5/c1-17(2)24-14-23(15-25(18(3)4)30(24)34)33(37)38-31-26(19(5)6)16-27(32(35)36)29(28(31)20(7)8)22-12-10-11-21(9)13-22/h10-20,34H,1-9H3,(H,35,36). The number of aryl methyl sites for hydroxylation is 1. The van der Waals surface area contributed by atoms with Crippen molar-refractivity contribution in [1.82, 2.24) is 0 Å². The van der Waals surface area contributed by atoms with Crippen LogP contribution >= 0.6 is 0 Å². The number of rotatable bonds is 8. The van der Waals surface area contributed by atoms with Crippen LogP contribution in [0.15, 0.2) is 42.5 Å². The highest BCUT2D eigenvalue weighted by Crippen LogP contribution is 2.44. The number of benzene rings is 3. The Kier molecular flexibility index (Phi) is 8.71. The number of esters is 1. The molecule has 5 nitrogen and oxygen atoms in total. The zero-order chi connectivity index (χ0) is 28.5. The lowest BCUT2D eigenvalue weighted by atomic mass is 9.83. The summed E-state index contributed by atoms with van der Waals surface area (Å²) in [4.78, 5) is 26.2. The number of hydrogen-bond donors (Lipinski definition) is 2. The fourth-order valence-corrected chi connectivity index (χ4v) is 4.91. The molecule has 0 bridgehead atoms. The Labute approximate surface area is 226 Å². The first-order valence-electron chi connectivity index (χ1n) is 13.3. The van der Waals surface area contributed by atoms with Crippen LogP contribution in [0, 0.1) is 6.92 Å². The van der Waals surface area contributed by atoms with Gasteiger partial charge in [-0.25, -0.2) is 9.59 Å². The van der Waals surface area contributed by atoms with Crippen LogP contribution in [0.5, 0.6) is 11.5 Å². The highest BCUT2D eigenvalue weighted by molar-refractivity contribution is 5.99. The Hall–Kier alpha value is -3.60. The third-order valence-corrected chi connectivity index (χ3v) is 6.93. The van der Waals surface area contributed by atoms with Crippen molar-refractivity contribution in [2.24, 2.45) is 0 Å². The molecule has 0 aromatic heterocycles. The van der Waals surface area contributed by atoms with Gasteiger partial charge in [-0.3, -0.25) is 0 Å². The Bertz CT molecular complexity index is 1330. The van der Waals surface area contributed by atoms with Crippen molar-refractivity contribution in [1.29, 1.82) is 0 Å². The van der Waals surface area contributed by atoms with Crippen molar-refractivity contribution >= 4 is 11.9 Å². The SMILES string of the molecule is Cc1cccc(-c2c(C(=O)O)cc(C(C)C)c(OC(=O)c3cc(C(C)C)c(O)c(C(C)C)c3)c2C(C)C)c1. The van der Waals surface area contributed by atoms with Gasteiger partial charge in [-0.05, 0) is 71.0 Å². The topological polar surface area (TPSA) is 83.8 Å². The van der Waals surface area contributed by atoms with Crippen molar-refractivity contribution < 1.29 is 24.5 Å². The van der Waals surface area contributed by atoms with Gasteiger partial charge in [-0.1, -0.05) is 85.2 Å². The average Bonchev–Trinajstić information content (AvgIpc) is 2.82. The Morgan fingerprint density at radius 1 is 0.763 bits per heavy atom. The molecule has 5 heteroatoms. The summed E-state index contributed by atoms with van der Waals surface area (Å²) in [5.41, 5.74) is 5.65. The molecule has 3 rings (SSSR count). The molecular formula is C33H40O5. The number of phenolic OH excluding ortho intramolecular Hbond substituents is 1. The van der Waals surface area contributed by atoms with Crippen molar-refractivity contribution in [2.75, 3.05) is 0 Å². The summed E-state index contributed by atoms with van der Waals surface area (Å²) >= 11 is 0. The molecule has 0 aliphatic rings. The van der Waals surface area contributed by atoms with E-state index in [1.165, 1.54) is 0 Å². The average molecular weight is 517 g/mol. The first-order chi connectivity index (χ1) is 17.7. The van der Waals surface area contributed by atoms with Gasteiger partial charge >= 0.3 is 11.9 Å². The fraction of sp³-hybridized carbons (Fsp3) is 0.394. The Morgan fingerprint density at radius 2 is 1.32 bits per heavy atom. The molecule has 3 aromatic rings. The lowest BCUT2D eigenvalue weighted by Crippen LogP contribution is -2.16. The molecule has 2 N–H and O–H groups in total. The summed E-state index contributed by atoms with van der Waals surface area (Å²) in [5, 5.41) is 21.0. The Morgan fingerprint density at radius 3 is 1.76 bits per heavy atom. The second kappa shape index (κ2) is 11.4. The molecule has 0 amide bonds. The summed E-state index contributed by atoms with van der Waals surface area (Å²) in [6.45, 7) is 17.7. The molecule has 0 saturated carbocycles. The van der Waals surface area contributed by atoms with E-state index in [2.05, 4.69) is 0 Å². The van der Waals surface area contributed by atoms with Gasteiger partial charge in [-0.2, -0.15) is 0 Å². The molecule has 3 aromatic carbocycles. The van der Waals surface area contributed by atoms with E-state index in [0.717, 1.165) is 11.1 Å². The van der Waals surface area contributed by atoms with Crippen molar-refractivity contribution in [3.63, 3.8) is 0 Å². The van der Waals surface area contributed by atoms with Gasteiger partial charge in [0.25, 0.3) is 0 Å². The lowest BCUT2D eigenvalue weighted by Gasteiger charge is -2.25. The molecule has 202 valence electrons. The minimum atomic E-state index is -1.02. The zero-order valence-electron chi connectivity index (χ0n) is 24.0. The Balaban J connectivity index is 2.32. The van der Waals surface area contributed by atoms with Crippen LogP contribution in [0.1, 0.15) is 128 Å². The summed E-state index contributed by atoms with van der Waals surface area (Å²) in [7, 11) is 0. The maximum absolute atomic E-state index is 13.7. The second-order valence-electron chi connectivity index (χ2n) is 11.3. The van der Waals surface area contributed by atoms with Gasteiger partial charge in [0.15, 0.2) is 0 Å². The van der Waals surface area contributed by atoms with Crippen LogP contribution in [0.4, 0.5) is 0 Å². The number of aromatic carboxylic acids is 1. The molecule has 0 spiro atoms. The van der Waals surface area contributed by atoms with E-state index in [9.17, 15) is 19.8 Å². The molecule has 0 radical (unpaired) electrons. The van der Waals surface area contributed by atoms with Crippen LogP contribution in [0.3, 0.4) is 0 Å². The van der Waals surface area contributed by atoms with E-state index >= 15 is 0 Å². The number of carboxylic acid groups (broad SMARTS) is 1. The lowest BCUT2D eigenvalue weighted by molar-refractivity contribution is 0.0697. The largest absolute Gasteiger partial charge is 0.507 e. The van der Waals surface area contributed by atoms with E-state index in [4.69, 9.17) is 4.74 Å². The quantitative estimate of drug-likeness (QED) is 0.231. The van der Waals surface area contributed by atoms with Crippen molar-refractivity contribution in [2.45, 2.75) is 86.0 Å². The molecule has 0 unspecified atom stereocenters. The minimum Gasteiger partial charge on any atom is -0.507 e. The molecule has 0 aliphatic carbocycles. The maximum atomic E-state index is 13.7. The molecule has 0 fully saturated rings. The first-order valence-corrected chi connectivity index (χ1v) is 13.3. The smallest absolute Gasteiger partial charge is 0.343 e. The molecule has 0 saturated heterocycles. The highest BCUT2D eigenvalue weighted by Gasteiger charge is 2.29. The molecular weight excluding hydrogens is 476 g/mol. The van der Waals surface area contributed by atoms with Gasteiger partial charge in [0, 0.05) is 11.1 Å². The zero-order valence-corrected chi connectivity index (χ0v) is 24.0. The van der Waals surface area contributed by atoms with Gasteiger partial charge in [0.2, 0.25) is 0 Å². The van der Waals surface area contributed by atoms with Crippen LogP contribution in [0.25, 0.3) is 11.1 Å². The normalized spacial score (nSPS) is 11.6. The third-order valence-electron chi connectivity index (χ3n) is 6.93. The van der Waals surface area contributed by atoms with E-state index in [-0.39, 0.29) is 35.0 Å². The summed E-state index contributed by atoms with van der Waals surface area (Å²) in [6, 6.07) is 12.8. The molecule has 0 heterocycles. The minimum absolute atomic E-state index is 0.0143.